The van der Waals surface area contributed by atoms with Crippen molar-refractivity contribution < 1.29 is 0 Å². The van der Waals surface area contributed by atoms with Crippen LogP contribution in [0.25, 0.3) is 10.8 Å². The number of para-hydroxylation sites is 1. The topological polar surface area (TPSA) is 24.1 Å². The zero-order valence-corrected chi connectivity index (χ0v) is 14.7. The Kier molecular flexibility index (Phi) is 5.44. The summed E-state index contributed by atoms with van der Waals surface area (Å²) >= 11 is 5.53. The van der Waals surface area contributed by atoms with Crippen LogP contribution in [0.15, 0.2) is 66.7 Å². The summed E-state index contributed by atoms with van der Waals surface area (Å²) in [5, 5.41) is 9.68. The molecule has 0 amide bonds. The molecule has 3 aromatic carbocycles. The number of thiocarbonyl (C=S) groups is 1. The molecule has 0 aliphatic rings. The second kappa shape index (κ2) is 7.93. The van der Waals surface area contributed by atoms with Crippen molar-refractivity contribution in [2.45, 2.75) is 26.2 Å². The monoisotopic (exact) mass is 334 g/mol. The molecule has 0 atom stereocenters. The molecule has 3 aromatic rings. The summed E-state index contributed by atoms with van der Waals surface area (Å²) < 4.78 is 0. The van der Waals surface area contributed by atoms with Gasteiger partial charge in [0.2, 0.25) is 0 Å². The van der Waals surface area contributed by atoms with E-state index in [0.717, 1.165) is 17.8 Å². The third-order valence-corrected chi connectivity index (χ3v) is 4.31. The molecule has 0 saturated carbocycles. The molecule has 0 aromatic heterocycles. The van der Waals surface area contributed by atoms with Gasteiger partial charge >= 0.3 is 0 Å². The van der Waals surface area contributed by atoms with Gasteiger partial charge < -0.3 is 10.6 Å². The van der Waals surface area contributed by atoms with Crippen LogP contribution in [0.5, 0.6) is 0 Å². The van der Waals surface area contributed by atoms with Crippen molar-refractivity contribution in [2.24, 2.45) is 0 Å². The van der Waals surface area contributed by atoms with Crippen molar-refractivity contribution >= 4 is 39.5 Å². The van der Waals surface area contributed by atoms with Gasteiger partial charge in [-0.3, -0.25) is 0 Å². The highest BCUT2D eigenvalue weighted by Gasteiger charge is 2.06. The summed E-state index contributed by atoms with van der Waals surface area (Å²) in [5.41, 5.74) is 3.42. The minimum atomic E-state index is 0.621. The largest absolute Gasteiger partial charge is 0.332 e. The molecule has 0 saturated heterocycles. The van der Waals surface area contributed by atoms with Gasteiger partial charge in [0.25, 0.3) is 0 Å². The molecule has 0 heterocycles. The Morgan fingerprint density at radius 2 is 1.50 bits per heavy atom. The van der Waals surface area contributed by atoms with Gasteiger partial charge in [-0.15, -0.1) is 0 Å². The second-order valence-corrected chi connectivity index (χ2v) is 6.27. The highest BCUT2D eigenvalue weighted by atomic mass is 32.1. The van der Waals surface area contributed by atoms with Crippen LogP contribution in [0.1, 0.15) is 25.3 Å². The van der Waals surface area contributed by atoms with Crippen molar-refractivity contribution in [1.82, 2.24) is 0 Å². The van der Waals surface area contributed by atoms with E-state index in [1.807, 2.05) is 24.3 Å². The van der Waals surface area contributed by atoms with Crippen LogP contribution in [-0.2, 0) is 6.42 Å². The summed E-state index contributed by atoms with van der Waals surface area (Å²) in [5.74, 6) is 0. The molecule has 122 valence electrons. The van der Waals surface area contributed by atoms with Crippen molar-refractivity contribution in [3.05, 3.63) is 72.3 Å². The third-order valence-electron chi connectivity index (χ3n) is 4.10. The van der Waals surface area contributed by atoms with Crippen LogP contribution in [0.3, 0.4) is 0 Å². The van der Waals surface area contributed by atoms with Gasteiger partial charge in [0.05, 0.1) is 0 Å². The Hall–Kier alpha value is -2.39. The highest BCUT2D eigenvalue weighted by molar-refractivity contribution is 7.80. The van der Waals surface area contributed by atoms with E-state index in [4.69, 9.17) is 12.2 Å². The number of rotatable bonds is 5. The molecule has 24 heavy (non-hydrogen) atoms. The average molecular weight is 334 g/mol. The Morgan fingerprint density at radius 1 is 0.833 bits per heavy atom. The first-order chi connectivity index (χ1) is 11.8. The van der Waals surface area contributed by atoms with Crippen molar-refractivity contribution in [2.75, 3.05) is 10.6 Å². The first kappa shape index (κ1) is 16.5. The third kappa shape index (κ3) is 3.92. The molecule has 0 bridgehead atoms. The fraction of sp³-hybridized carbons (Fsp3) is 0.190. The molecule has 0 unspecified atom stereocenters. The highest BCUT2D eigenvalue weighted by Crippen LogP contribution is 2.24. The number of hydrogen-bond donors (Lipinski definition) is 2. The van der Waals surface area contributed by atoms with E-state index >= 15 is 0 Å². The van der Waals surface area contributed by atoms with Crippen LogP contribution in [0.4, 0.5) is 11.4 Å². The quantitative estimate of drug-likeness (QED) is 0.560. The van der Waals surface area contributed by atoms with Crippen LogP contribution < -0.4 is 10.6 Å². The Balaban J connectivity index is 1.76. The van der Waals surface area contributed by atoms with Crippen LogP contribution in [0.2, 0.25) is 0 Å². The van der Waals surface area contributed by atoms with Crippen LogP contribution in [-0.4, -0.2) is 5.11 Å². The lowest BCUT2D eigenvalue weighted by atomic mass is 10.1. The SMILES string of the molecule is CCCCc1ccccc1NC(=S)Nc1cccc2ccccc12. The molecule has 3 rings (SSSR count). The maximum atomic E-state index is 5.53. The Bertz CT molecular complexity index is 837. The molecule has 0 radical (unpaired) electrons. The molecule has 0 aliphatic heterocycles. The van der Waals surface area contributed by atoms with E-state index in [-0.39, 0.29) is 0 Å². The molecular weight excluding hydrogens is 312 g/mol. The molecule has 0 spiro atoms. The molecule has 3 heteroatoms. The minimum absolute atomic E-state index is 0.621. The van der Waals surface area contributed by atoms with E-state index in [2.05, 4.69) is 60.0 Å². The summed E-state index contributed by atoms with van der Waals surface area (Å²) in [6, 6.07) is 22.9. The number of benzene rings is 3. The lowest BCUT2D eigenvalue weighted by Crippen LogP contribution is -2.20. The molecule has 0 aliphatic carbocycles. The lowest BCUT2D eigenvalue weighted by molar-refractivity contribution is 0.796. The van der Waals surface area contributed by atoms with Crippen molar-refractivity contribution in [3.63, 3.8) is 0 Å². The standard InChI is InChI=1S/C21H22N2S/c1-2-3-9-17-11-5-7-14-19(17)22-21(24)23-20-15-8-12-16-10-4-6-13-18(16)20/h4-8,10-15H,2-3,9H2,1H3,(H2,22,23,24). The maximum absolute atomic E-state index is 5.53. The average Bonchev–Trinajstić information content (AvgIpc) is 2.61. The number of unbranched alkanes of at least 4 members (excludes halogenated alkanes) is 1. The lowest BCUT2D eigenvalue weighted by Gasteiger charge is -2.15. The summed E-state index contributed by atoms with van der Waals surface area (Å²) in [4.78, 5) is 0. The molecular formula is C21H22N2S. The molecule has 2 N–H and O–H groups in total. The van der Waals surface area contributed by atoms with Crippen molar-refractivity contribution in [3.8, 4) is 0 Å². The zero-order valence-electron chi connectivity index (χ0n) is 13.9. The Morgan fingerprint density at radius 3 is 2.38 bits per heavy atom. The van der Waals surface area contributed by atoms with Crippen molar-refractivity contribution in [1.29, 1.82) is 0 Å². The summed E-state index contributed by atoms with van der Waals surface area (Å²) in [7, 11) is 0. The summed E-state index contributed by atoms with van der Waals surface area (Å²) in [6.07, 6.45) is 3.44. The number of anilines is 2. The van der Waals surface area contributed by atoms with E-state index in [0.29, 0.717) is 5.11 Å². The van der Waals surface area contributed by atoms with Gasteiger partial charge in [0, 0.05) is 16.8 Å². The predicted molar refractivity (Wildman–Crippen MR) is 109 cm³/mol. The van der Waals surface area contributed by atoms with E-state index in [1.54, 1.807) is 0 Å². The fourth-order valence-electron chi connectivity index (χ4n) is 2.84. The normalized spacial score (nSPS) is 10.5. The first-order valence-corrected chi connectivity index (χ1v) is 8.82. The second-order valence-electron chi connectivity index (χ2n) is 5.87. The Labute approximate surface area is 148 Å². The fourth-order valence-corrected chi connectivity index (χ4v) is 3.06. The van der Waals surface area contributed by atoms with E-state index < -0.39 is 0 Å². The predicted octanol–water partition coefficient (Wildman–Crippen LogP) is 5.99. The van der Waals surface area contributed by atoms with Gasteiger partial charge in [-0.05, 0) is 48.1 Å². The molecule has 0 fully saturated rings. The number of aryl methyl sites for hydroxylation is 1. The smallest absolute Gasteiger partial charge is 0.175 e. The van der Waals surface area contributed by atoms with Gasteiger partial charge in [-0.25, -0.2) is 0 Å². The first-order valence-electron chi connectivity index (χ1n) is 8.41. The van der Waals surface area contributed by atoms with E-state index in [1.165, 1.54) is 29.2 Å². The zero-order chi connectivity index (χ0) is 16.8. The number of fused-ring (bicyclic) bond motifs is 1. The van der Waals surface area contributed by atoms with Gasteiger partial charge in [-0.2, -0.15) is 0 Å². The van der Waals surface area contributed by atoms with Crippen LogP contribution in [0, 0.1) is 0 Å². The minimum Gasteiger partial charge on any atom is -0.332 e. The summed E-state index contributed by atoms with van der Waals surface area (Å²) in [6.45, 7) is 2.21. The van der Waals surface area contributed by atoms with Crippen LogP contribution >= 0.6 is 12.2 Å². The number of nitrogens with one attached hydrogen (secondary N) is 2. The van der Waals surface area contributed by atoms with Gasteiger partial charge in [-0.1, -0.05) is 67.9 Å². The van der Waals surface area contributed by atoms with Gasteiger partial charge in [0.15, 0.2) is 5.11 Å². The maximum Gasteiger partial charge on any atom is 0.175 e. The molecule has 2 nitrogen and oxygen atoms in total. The van der Waals surface area contributed by atoms with E-state index in [9.17, 15) is 0 Å². The van der Waals surface area contributed by atoms with Gasteiger partial charge in [0.1, 0.15) is 0 Å². The number of hydrogen-bond acceptors (Lipinski definition) is 1.